The van der Waals surface area contributed by atoms with Crippen LogP contribution in [-0.2, 0) is 9.59 Å². The number of benzene rings is 2. The summed E-state index contributed by atoms with van der Waals surface area (Å²) in [6.45, 7) is 7.29. The third-order valence-corrected chi connectivity index (χ3v) is 9.73. The van der Waals surface area contributed by atoms with E-state index in [9.17, 15) is 9.59 Å². The molecule has 0 bridgehead atoms. The summed E-state index contributed by atoms with van der Waals surface area (Å²) >= 11 is 0. The topological polar surface area (TPSA) is 127 Å². The number of carbonyl (C=O) groups is 2. The fourth-order valence-corrected chi connectivity index (χ4v) is 7.13. The van der Waals surface area contributed by atoms with Gasteiger partial charge in [0, 0.05) is 36.6 Å². The van der Waals surface area contributed by atoms with Gasteiger partial charge >= 0.3 is 0 Å². The number of rotatable bonds is 11. The summed E-state index contributed by atoms with van der Waals surface area (Å²) in [7, 11) is 0. The molecule has 0 unspecified atom stereocenters. The standard InChI is InChI=1S/C37H41N9O2/c1-3-44(4-2)33(26-10-6-5-7-11-26)37(48)46-19-9-13-32(46)36-41-22-29(42-36)25-14-16-27(17-15-25)34-38-20-28(21-39-34)30-23-40-35(43-30)31-12-8-18-45(31)24-47/h5-7,10-11,14-17,20-24,31-33H,3-4,8-9,12-13,18-19H2,1-2H3,(H,40,43)(H,41,42)/t31-,32-,33+/m0/s1. The van der Waals surface area contributed by atoms with Crippen LogP contribution in [0, 0.1) is 0 Å². The minimum absolute atomic E-state index is 0.00922. The Bertz CT molecular complexity index is 1830. The van der Waals surface area contributed by atoms with Crippen molar-refractivity contribution < 1.29 is 9.59 Å². The van der Waals surface area contributed by atoms with E-state index in [-0.39, 0.29) is 24.0 Å². The molecule has 0 aliphatic carbocycles. The van der Waals surface area contributed by atoms with Crippen molar-refractivity contribution in [3.63, 3.8) is 0 Å². The number of aromatic nitrogens is 6. The fourth-order valence-electron chi connectivity index (χ4n) is 7.13. The zero-order valence-electron chi connectivity index (χ0n) is 27.4. The molecular weight excluding hydrogens is 602 g/mol. The Hall–Kier alpha value is -5.16. The van der Waals surface area contributed by atoms with Crippen LogP contribution in [0.1, 0.15) is 74.9 Å². The van der Waals surface area contributed by atoms with E-state index in [1.807, 2.05) is 53.6 Å². The maximum atomic E-state index is 14.1. The van der Waals surface area contributed by atoms with Gasteiger partial charge in [-0.3, -0.25) is 14.5 Å². The summed E-state index contributed by atoms with van der Waals surface area (Å²) < 4.78 is 0. The minimum Gasteiger partial charge on any atom is -0.340 e. The maximum Gasteiger partial charge on any atom is 0.245 e. The lowest BCUT2D eigenvalue weighted by Gasteiger charge is -2.34. The number of hydrogen-bond acceptors (Lipinski definition) is 7. The molecule has 2 aliphatic heterocycles. The second-order valence-corrected chi connectivity index (χ2v) is 12.5. The summed E-state index contributed by atoms with van der Waals surface area (Å²) in [6.07, 6.45) is 11.8. The van der Waals surface area contributed by atoms with E-state index in [4.69, 9.17) is 4.98 Å². The van der Waals surface area contributed by atoms with Crippen LogP contribution in [0.4, 0.5) is 0 Å². The molecule has 246 valence electrons. The molecule has 0 saturated carbocycles. The summed E-state index contributed by atoms with van der Waals surface area (Å²) in [6, 6.07) is 17.8. The number of likely N-dealkylation sites (tertiary alicyclic amines) is 2. The first-order valence-electron chi connectivity index (χ1n) is 16.9. The average Bonchev–Trinajstić information content (AvgIpc) is 3.97. The van der Waals surface area contributed by atoms with Crippen LogP contribution in [0.5, 0.6) is 0 Å². The number of amides is 2. The summed E-state index contributed by atoms with van der Waals surface area (Å²) in [5.74, 6) is 2.37. The smallest absolute Gasteiger partial charge is 0.245 e. The first kappa shape index (κ1) is 31.4. The van der Waals surface area contributed by atoms with Crippen molar-refractivity contribution in [1.82, 2.24) is 44.6 Å². The van der Waals surface area contributed by atoms with Gasteiger partial charge in [0.2, 0.25) is 12.3 Å². The number of nitrogens with zero attached hydrogens (tertiary/aromatic N) is 7. The van der Waals surface area contributed by atoms with Crippen molar-refractivity contribution in [2.24, 2.45) is 0 Å². The van der Waals surface area contributed by atoms with Crippen LogP contribution >= 0.6 is 0 Å². The molecule has 0 radical (unpaired) electrons. The van der Waals surface area contributed by atoms with E-state index in [0.717, 1.165) is 104 Å². The van der Waals surface area contributed by atoms with E-state index in [1.54, 1.807) is 23.5 Å². The first-order valence-corrected chi connectivity index (χ1v) is 16.9. The SMILES string of the molecule is CCN(CC)[C@@H](C(=O)N1CCC[C@H]1c1ncc(-c2ccc(-c3ncc(-c4cnc([C@@H]5CCCN5C=O)[nH]4)cn3)cc2)[nH]1)c1ccccc1. The second kappa shape index (κ2) is 13.9. The molecule has 2 amide bonds. The van der Waals surface area contributed by atoms with Gasteiger partial charge in [0.25, 0.3) is 0 Å². The minimum atomic E-state index is -0.316. The first-order chi connectivity index (χ1) is 23.6. The number of carbonyl (C=O) groups excluding carboxylic acids is 2. The fraction of sp³-hybridized carbons (Fsp3) is 0.351. The van der Waals surface area contributed by atoms with Crippen molar-refractivity contribution in [3.8, 4) is 33.9 Å². The quantitative estimate of drug-likeness (QED) is 0.170. The Balaban J connectivity index is 1.04. The normalized spacial score (nSPS) is 18.5. The highest BCUT2D eigenvalue weighted by Gasteiger charge is 2.38. The van der Waals surface area contributed by atoms with Crippen molar-refractivity contribution in [1.29, 1.82) is 0 Å². The Morgan fingerprint density at radius 3 is 2.06 bits per heavy atom. The molecule has 3 atom stereocenters. The molecule has 2 fully saturated rings. The predicted octanol–water partition coefficient (Wildman–Crippen LogP) is 5.96. The number of likely N-dealkylation sites (N-methyl/N-ethyl adjacent to an activating group) is 1. The van der Waals surface area contributed by atoms with Gasteiger partial charge in [-0.05, 0) is 49.9 Å². The Morgan fingerprint density at radius 2 is 1.40 bits per heavy atom. The van der Waals surface area contributed by atoms with Crippen molar-refractivity contribution in [2.45, 2.75) is 57.7 Å². The number of imidazole rings is 2. The highest BCUT2D eigenvalue weighted by molar-refractivity contribution is 5.84. The second-order valence-electron chi connectivity index (χ2n) is 12.5. The van der Waals surface area contributed by atoms with Gasteiger partial charge in [0.15, 0.2) is 5.82 Å². The van der Waals surface area contributed by atoms with Crippen LogP contribution in [0.15, 0.2) is 79.4 Å². The Labute approximate surface area is 280 Å². The maximum absolute atomic E-state index is 14.1. The molecule has 0 spiro atoms. The van der Waals surface area contributed by atoms with Crippen LogP contribution < -0.4 is 0 Å². The van der Waals surface area contributed by atoms with Gasteiger partial charge in [0.05, 0.1) is 35.9 Å². The highest BCUT2D eigenvalue weighted by Crippen LogP contribution is 2.36. The molecule has 3 aromatic heterocycles. The molecule has 7 rings (SSSR count). The Morgan fingerprint density at radius 1 is 0.792 bits per heavy atom. The molecule has 48 heavy (non-hydrogen) atoms. The highest BCUT2D eigenvalue weighted by atomic mass is 16.2. The number of aromatic amines is 2. The van der Waals surface area contributed by atoms with Crippen molar-refractivity contribution >= 4 is 12.3 Å². The molecule has 2 aliphatic rings. The monoisotopic (exact) mass is 643 g/mol. The van der Waals surface area contributed by atoms with Gasteiger partial charge in [0.1, 0.15) is 17.7 Å². The van der Waals surface area contributed by atoms with Crippen LogP contribution in [0.3, 0.4) is 0 Å². The third-order valence-electron chi connectivity index (χ3n) is 9.73. The van der Waals surface area contributed by atoms with Gasteiger partial charge < -0.3 is 19.8 Å². The molecule has 2 aromatic carbocycles. The van der Waals surface area contributed by atoms with E-state index in [1.165, 1.54) is 0 Å². The van der Waals surface area contributed by atoms with E-state index in [0.29, 0.717) is 5.82 Å². The van der Waals surface area contributed by atoms with Crippen molar-refractivity contribution in [3.05, 3.63) is 96.6 Å². The lowest BCUT2D eigenvalue weighted by atomic mass is 10.0. The number of nitrogens with one attached hydrogen (secondary N) is 2. The van der Waals surface area contributed by atoms with Crippen LogP contribution in [0.2, 0.25) is 0 Å². The molecule has 5 heterocycles. The van der Waals surface area contributed by atoms with Crippen LogP contribution in [-0.4, -0.2) is 83.1 Å². The molecule has 11 heteroatoms. The molecule has 2 N–H and O–H groups in total. The van der Waals surface area contributed by atoms with Gasteiger partial charge in [-0.15, -0.1) is 0 Å². The number of hydrogen-bond donors (Lipinski definition) is 2. The van der Waals surface area contributed by atoms with Crippen LogP contribution in [0.25, 0.3) is 33.9 Å². The molecule has 2 saturated heterocycles. The summed E-state index contributed by atoms with van der Waals surface area (Å²) in [5.41, 5.74) is 5.49. The zero-order valence-corrected chi connectivity index (χ0v) is 27.4. The zero-order chi connectivity index (χ0) is 33.0. The average molecular weight is 644 g/mol. The van der Waals surface area contributed by atoms with E-state index >= 15 is 0 Å². The van der Waals surface area contributed by atoms with Crippen molar-refractivity contribution in [2.75, 3.05) is 26.2 Å². The van der Waals surface area contributed by atoms with E-state index < -0.39 is 0 Å². The number of H-pyrrole nitrogens is 2. The molecule has 5 aromatic rings. The third kappa shape index (κ3) is 6.13. The molecular formula is C37H41N9O2. The van der Waals surface area contributed by atoms with Gasteiger partial charge in [-0.25, -0.2) is 19.9 Å². The van der Waals surface area contributed by atoms with E-state index in [2.05, 4.69) is 55.8 Å². The predicted molar refractivity (Wildman–Crippen MR) is 183 cm³/mol. The summed E-state index contributed by atoms with van der Waals surface area (Å²) in [4.78, 5) is 56.9. The lowest BCUT2D eigenvalue weighted by Crippen LogP contribution is -2.43. The Kier molecular flexibility index (Phi) is 9.11. The summed E-state index contributed by atoms with van der Waals surface area (Å²) in [5, 5.41) is 0. The molecule has 11 nitrogen and oxygen atoms in total. The van der Waals surface area contributed by atoms with Gasteiger partial charge in [-0.2, -0.15) is 0 Å². The lowest BCUT2D eigenvalue weighted by molar-refractivity contribution is -0.138. The largest absolute Gasteiger partial charge is 0.340 e. The van der Waals surface area contributed by atoms with Gasteiger partial charge in [-0.1, -0.05) is 68.4 Å².